The summed E-state index contributed by atoms with van der Waals surface area (Å²) in [5.74, 6) is 0.665. The number of aliphatic hydroxyl groups excluding tert-OH is 1. The molecule has 2 amide bonds. The normalized spacial score (nSPS) is 18.8. The molecule has 2 aliphatic heterocycles. The third-order valence-corrected chi connectivity index (χ3v) is 6.83. The molecule has 1 aromatic rings. The van der Waals surface area contributed by atoms with E-state index in [1.165, 1.54) is 16.7 Å². The van der Waals surface area contributed by atoms with Crippen molar-refractivity contribution in [2.24, 2.45) is 0 Å². The fraction of sp³-hybridized carbons (Fsp3) is 0.500. The van der Waals surface area contributed by atoms with E-state index in [4.69, 9.17) is 4.74 Å². The fourth-order valence-corrected chi connectivity index (χ4v) is 4.84. The summed E-state index contributed by atoms with van der Waals surface area (Å²) >= 11 is 0. The van der Waals surface area contributed by atoms with E-state index in [1.807, 2.05) is 13.0 Å². The quantitative estimate of drug-likeness (QED) is 0.321. The smallest absolute Gasteiger partial charge is 0.250 e. The Labute approximate surface area is 214 Å². The molecule has 36 heavy (non-hydrogen) atoms. The zero-order valence-electron chi connectivity index (χ0n) is 21.8. The van der Waals surface area contributed by atoms with E-state index in [9.17, 15) is 14.7 Å². The monoisotopic (exact) mass is 496 g/mol. The Morgan fingerprint density at radius 3 is 2.78 bits per heavy atom. The molecule has 196 valence electrons. The minimum atomic E-state index is -0.691. The fourth-order valence-electron chi connectivity index (χ4n) is 4.84. The van der Waals surface area contributed by atoms with Gasteiger partial charge >= 0.3 is 0 Å². The Morgan fingerprint density at radius 2 is 2.11 bits per heavy atom. The van der Waals surface area contributed by atoms with Gasteiger partial charge in [0.15, 0.2) is 0 Å². The molecule has 0 radical (unpaired) electrons. The number of rotatable bonds is 11. The van der Waals surface area contributed by atoms with Crippen molar-refractivity contribution in [3.63, 3.8) is 0 Å². The molecule has 8 nitrogen and oxygen atoms in total. The second kappa shape index (κ2) is 12.7. The van der Waals surface area contributed by atoms with Crippen LogP contribution in [0.5, 0.6) is 5.75 Å². The standard InChI is InChI=1S/C28H40N4O4/c1-6-23(30-24-10-13-32(17-24)21(5)33)14-19(3)28(35)29-15-25(34)18-31-12-11-26-20(4)27(36-7-2)9-8-22(26)16-31/h6,8-9,14,24-25,30,34H,1,3,7,10-13,15-18H2,2,4-5H3,(H,29,35)/b23-14+/t24?,25-/m0/s1. The van der Waals surface area contributed by atoms with Gasteiger partial charge in [-0.3, -0.25) is 14.5 Å². The lowest BCUT2D eigenvalue weighted by Gasteiger charge is -2.31. The molecule has 2 heterocycles. The maximum absolute atomic E-state index is 12.5. The van der Waals surface area contributed by atoms with Gasteiger partial charge < -0.3 is 25.4 Å². The number of amides is 2. The number of ether oxygens (including phenoxy) is 1. The number of nitrogens with zero attached hydrogens (tertiary/aromatic N) is 2. The zero-order chi connectivity index (χ0) is 26.2. The minimum absolute atomic E-state index is 0.0605. The number of β-amino-alcohol motifs (C(OH)–C–C–N with tert-alkyl or cyclic N) is 1. The Balaban J connectivity index is 1.45. The van der Waals surface area contributed by atoms with Crippen LogP contribution in [0.2, 0.25) is 0 Å². The van der Waals surface area contributed by atoms with Crippen molar-refractivity contribution < 1.29 is 19.4 Å². The van der Waals surface area contributed by atoms with Crippen molar-refractivity contribution in [2.45, 2.75) is 52.3 Å². The predicted octanol–water partition coefficient (Wildman–Crippen LogP) is 2.07. The van der Waals surface area contributed by atoms with Crippen molar-refractivity contribution in [3.8, 4) is 5.75 Å². The molecule has 1 saturated heterocycles. The number of carbonyl (C=O) groups is 2. The molecule has 0 saturated carbocycles. The highest BCUT2D eigenvalue weighted by atomic mass is 16.5. The van der Waals surface area contributed by atoms with E-state index in [2.05, 4.69) is 41.7 Å². The first-order chi connectivity index (χ1) is 17.2. The Morgan fingerprint density at radius 1 is 1.33 bits per heavy atom. The van der Waals surface area contributed by atoms with Gasteiger partial charge in [0, 0.05) is 63.5 Å². The van der Waals surface area contributed by atoms with Crippen LogP contribution in [-0.4, -0.2) is 78.2 Å². The van der Waals surface area contributed by atoms with E-state index in [-0.39, 0.29) is 30.0 Å². The Hall–Kier alpha value is -3.10. The second-order valence-electron chi connectivity index (χ2n) is 9.53. The molecular formula is C28H40N4O4. The number of likely N-dealkylation sites (tertiary alicyclic amines) is 1. The molecule has 8 heteroatoms. The van der Waals surface area contributed by atoms with E-state index in [0.29, 0.717) is 31.9 Å². The largest absolute Gasteiger partial charge is 0.494 e. The van der Waals surface area contributed by atoms with E-state index >= 15 is 0 Å². The number of nitrogens with one attached hydrogen (secondary N) is 2. The number of allylic oxidation sites excluding steroid dienone is 1. The molecule has 0 aromatic heterocycles. The van der Waals surface area contributed by atoms with Gasteiger partial charge in [-0.2, -0.15) is 0 Å². The molecule has 1 unspecified atom stereocenters. The summed E-state index contributed by atoms with van der Waals surface area (Å²) in [6.07, 6.45) is 4.33. The number of fused-ring (bicyclic) bond motifs is 1. The van der Waals surface area contributed by atoms with Gasteiger partial charge in [-0.1, -0.05) is 19.2 Å². The average molecular weight is 497 g/mol. The van der Waals surface area contributed by atoms with Crippen LogP contribution in [0.1, 0.15) is 37.0 Å². The summed E-state index contributed by atoms with van der Waals surface area (Å²) in [4.78, 5) is 28.1. The highest BCUT2D eigenvalue weighted by molar-refractivity contribution is 5.95. The molecule has 3 N–H and O–H groups in total. The average Bonchev–Trinajstić information content (AvgIpc) is 3.33. The van der Waals surface area contributed by atoms with Crippen LogP contribution in [-0.2, 0) is 22.6 Å². The SMILES string of the molecule is C=C/C(=C\C(=C)C(=O)NC[C@H](O)CN1CCc2c(ccc(OCC)c2C)C1)NC1CCN(C(C)=O)C1. The van der Waals surface area contributed by atoms with E-state index in [1.54, 1.807) is 24.0 Å². The molecule has 1 fully saturated rings. The molecule has 0 spiro atoms. The Bertz CT molecular complexity index is 1020. The first kappa shape index (κ1) is 27.5. The van der Waals surface area contributed by atoms with Gasteiger partial charge in [0.2, 0.25) is 5.91 Å². The molecule has 3 rings (SSSR count). The highest BCUT2D eigenvalue weighted by Crippen LogP contribution is 2.29. The number of hydrogen-bond donors (Lipinski definition) is 3. The molecule has 1 aromatic carbocycles. The van der Waals surface area contributed by atoms with Crippen LogP contribution >= 0.6 is 0 Å². The first-order valence-corrected chi connectivity index (χ1v) is 12.7. The van der Waals surface area contributed by atoms with Gasteiger partial charge in [0.1, 0.15) is 5.75 Å². The van der Waals surface area contributed by atoms with Gasteiger partial charge in [-0.25, -0.2) is 0 Å². The lowest BCUT2D eigenvalue weighted by atomic mass is 9.94. The van der Waals surface area contributed by atoms with Crippen LogP contribution in [0.3, 0.4) is 0 Å². The van der Waals surface area contributed by atoms with E-state index < -0.39 is 6.10 Å². The van der Waals surface area contributed by atoms with Crippen molar-refractivity contribution in [1.82, 2.24) is 20.4 Å². The number of carbonyl (C=O) groups excluding carboxylic acids is 2. The highest BCUT2D eigenvalue weighted by Gasteiger charge is 2.24. The molecule has 2 aliphatic rings. The summed E-state index contributed by atoms with van der Waals surface area (Å²) in [5.41, 5.74) is 4.75. The molecule has 2 atom stereocenters. The van der Waals surface area contributed by atoms with Crippen LogP contribution in [0.15, 0.2) is 48.7 Å². The van der Waals surface area contributed by atoms with Crippen molar-refractivity contribution in [3.05, 3.63) is 65.4 Å². The molecular weight excluding hydrogens is 456 g/mol. The minimum Gasteiger partial charge on any atom is -0.494 e. The third kappa shape index (κ3) is 7.21. The predicted molar refractivity (Wildman–Crippen MR) is 142 cm³/mol. The zero-order valence-corrected chi connectivity index (χ0v) is 21.8. The van der Waals surface area contributed by atoms with Crippen LogP contribution in [0.25, 0.3) is 0 Å². The number of hydrogen-bond acceptors (Lipinski definition) is 6. The first-order valence-electron chi connectivity index (χ1n) is 12.7. The maximum Gasteiger partial charge on any atom is 0.250 e. The number of benzene rings is 1. The summed E-state index contributed by atoms with van der Waals surface area (Å²) < 4.78 is 5.72. The summed E-state index contributed by atoms with van der Waals surface area (Å²) in [5, 5.41) is 16.7. The lowest BCUT2D eigenvalue weighted by Crippen LogP contribution is -2.42. The van der Waals surface area contributed by atoms with E-state index in [0.717, 1.165) is 31.7 Å². The summed E-state index contributed by atoms with van der Waals surface area (Å²) in [7, 11) is 0. The van der Waals surface area contributed by atoms with Crippen molar-refractivity contribution in [2.75, 3.05) is 39.3 Å². The summed E-state index contributed by atoms with van der Waals surface area (Å²) in [6.45, 7) is 17.5. The van der Waals surface area contributed by atoms with Gasteiger partial charge in [-0.05, 0) is 61.6 Å². The van der Waals surface area contributed by atoms with Crippen LogP contribution in [0, 0.1) is 6.92 Å². The number of aliphatic hydroxyl groups is 1. The lowest BCUT2D eigenvalue weighted by molar-refractivity contribution is -0.127. The van der Waals surface area contributed by atoms with Gasteiger partial charge in [0.05, 0.1) is 12.7 Å². The van der Waals surface area contributed by atoms with Crippen molar-refractivity contribution in [1.29, 1.82) is 0 Å². The Kier molecular flexibility index (Phi) is 9.73. The third-order valence-electron chi connectivity index (χ3n) is 6.83. The summed E-state index contributed by atoms with van der Waals surface area (Å²) in [6, 6.07) is 4.24. The van der Waals surface area contributed by atoms with Crippen LogP contribution in [0.4, 0.5) is 0 Å². The second-order valence-corrected chi connectivity index (χ2v) is 9.53. The van der Waals surface area contributed by atoms with Gasteiger partial charge in [0.25, 0.3) is 5.91 Å². The topological polar surface area (TPSA) is 94.1 Å². The molecule has 0 bridgehead atoms. The van der Waals surface area contributed by atoms with Crippen molar-refractivity contribution >= 4 is 11.8 Å². The maximum atomic E-state index is 12.5. The molecule has 0 aliphatic carbocycles. The van der Waals surface area contributed by atoms with Gasteiger partial charge in [-0.15, -0.1) is 0 Å². The van der Waals surface area contributed by atoms with Crippen LogP contribution < -0.4 is 15.4 Å².